The van der Waals surface area contributed by atoms with E-state index in [0.717, 1.165) is 4.90 Å². The molecule has 3 nitrogen and oxygen atoms in total. The van der Waals surface area contributed by atoms with Gasteiger partial charge in [-0.05, 0) is 36.1 Å². The first-order valence-electron chi connectivity index (χ1n) is 6.85. The van der Waals surface area contributed by atoms with E-state index in [0.29, 0.717) is 11.1 Å². The van der Waals surface area contributed by atoms with Crippen LogP contribution in [0.5, 0.6) is 0 Å². The molecule has 0 saturated carbocycles. The zero-order valence-electron chi connectivity index (χ0n) is 12.5. The molecule has 0 spiro atoms. The molecule has 116 valence electrons. The van der Waals surface area contributed by atoms with Crippen LogP contribution in [-0.4, -0.2) is 25.8 Å². The smallest absolute Gasteiger partial charge is 0.252 e. The van der Waals surface area contributed by atoms with E-state index >= 15 is 0 Å². The molecule has 0 radical (unpaired) electrons. The third-order valence-electron chi connectivity index (χ3n) is 3.30. The van der Waals surface area contributed by atoms with Gasteiger partial charge in [0.05, 0.1) is 11.7 Å². The number of methoxy groups -OCH3 is 1. The lowest BCUT2D eigenvalue weighted by Crippen LogP contribution is -2.29. The van der Waals surface area contributed by atoms with Crippen molar-refractivity contribution in [2.24, 2.45) is 0 Å². The Kier molecular flexibility index (Phi) is 5.98. The molecular formula is C17H18FNO2S. The van der Waals surface area contributed by atoms with Crippen LogP contribution in [0.1, 0.15) is 22.0 Å². The molecule has 0 bridgehead atoms. The second-order valence-corrected chi connectivity index (χ2v) is 5.54. The quantitative estimate of drug-likeness (QED) is 0.826. The highest BCUT2D eigenvalue weighted by atomic mass is 32.2. The Labute approximate surface area is 133 Å². The number of nitrogens with one attached hydrogen (secondary N) is 1. The maximum Gasteiger partial charge on any atom is 0.252 e. The van der Waals surface area contributed by atoms with E-state index in [2.05, 4.69) is 5.32 Å². The Morgan fingerprint density at radius 2 is 2.05 bits per heavy atom. The number of rotatable bonds is 6. The predicted molar refractivity (Wildman–Crippen MR) is 86.7 cm³/mol. The first kappa shape index (κ1) is 16.5. The number of hydrogen-bond donors (Lipinski definition) is 1. The maximum atomic E-state index is 13.3. The summed E-state index contributed by atoms with van der Waals surface area (Å²) in [7, 11) is 1.54. The highest BCUT2D eigenvalue weighted by Gasteiger charge is 2.15. The monoisotopic (exact) mass is 319 g/mol. The Hall–Kier alpha value is -1.85. The van der Waals surface area contributed by atoms with Gasteiger partial charge in [0.25, 0.3) is 5.91 Å². The molecule has 0 aromatic heterocycles. The van der Waals surface area contributed by atoms with Crippen LogP contribution in [0.3, 0.4) is 0 Å². The molecule has 1 unspecified atom stereocenters. The molecular weight excluding hydrogens is 301 g/mol. The molecule has 1 atom stereocenters. The SMILES string of the molecule is COC(CNC(=O)c1ccccc1SC)c1cccc(F)c1. The van der Waals surface area contributed by atoms with E-state index in [4.69, 9.17) is 4.74 Å². The summed E-state index contributed by atoms with van der Waals surface area (Å²) in [6, 6.07) is 13.6. The Bertz CT molecular complexity index is 648. The number of ether oxygens (including phenoxy) is 1. The average molecular weight is 319 g/mol. The first-order chi connectivity index (χ1) is 10.7. The minimum absolute atomic E-state index is 0.164. The van der Waals surface area contributed by atoms with Gasteiger partial charge in [0.2, 0.25) is 0 Å². The van der Waals surface area contributed by atoms with Crippen LogP contribution in [0.4, 0.5) is 4.39 Å². The van der Waals surface area contributed by atoms with Gasteiger partial charge in [-0.25, -0.2) is 4.39 Å². The number of amides is 1. The van der Waals surface area contributed by atoms with E-state index in [-0.39, 0.29) is 24.4 Å². The first-order valence-corrected chi connectivity index (χ1v) is 8.07. The van der Waals surface area contributed by atoms with Crippen molar-refractivity contribution in [2.45, 2.75) is 11.0 Å². The number of benzene rings is 2. The van der Waals surface area contributed by atoms with E-state index in [1.807, 2.05) is 24.5 Å². The van der Waals surface area contributed by atoms with Crippen LogP contribution in [0, 0.1) is 5.82 Å². The number of carbonyl (C=O) groups excluding carboxylic acids is 1. The van der Waals surface area contributed by atoms with Gasteiger partial charge < -0.3 is 10.1 Å². The van der Waals surface area contributed by atoms with Crippen molar-refractivity contribution in [3.05, 3.63) is 65.5 Å². The van der Waals surface area contributed by atoms with Crippen LogP contribution in [-0.2, 0) is 4.74 Å². The van der Waals surface area contributed by atoms with Gasteiger partial charge in [-0.1, -0.05) is 24.3 Å². The van der Waals surface area contributed by atoms with Gasteiger partial charge >= 0.3 is 0 Å². The van der Waals surface area contributed by atoms with Crippen molar-refractivity contribution < 1.29 is 13.9 Å². The molecule has 0 fully saturated rings. The van der Waals surface area contributed by atoms with E-state index in [1.54, 1.807) is 18.2 Å². The predicted octanol–water partition coefficient (Wildman–Crippen LogP) is 3.67. The third-order valence-corrected chi connectivity index (χ3v) is 4.10. The zero-order chi connectivity index (χ0) is 15.9. The Morgan fingerprint density at radius 3 is 2.73 bits per heavy atom. The normalized spacial score (nSPS) is 12.0. The lowest BCUT2D eigenvalue weighted by Gasteiger charge is -2.17. The standard InChI is InChI=1S/C17H18FNO2S/c1-21-15(12-6-5-7-13(18)10-12)11-19-17(20)14-8-3-4-9-16(14)22-2/h3-10,15H,11H2,1-2H3,(H,19,20). The number of hydrogen-bond acceptors (Lipinski definition) is 3. The van der Waals surface area contributed by atoms with Crippen molar-refractivity contribution in [3.63, 3.8) is 0 Å². The second kappa shape index (κ2) is 7.96. The fourth-order valence-corrected chi connectivity index (χ4v) is 2.75. The van der Waals surface area contributed by atoms with Crippen LogP contribution in [0.2, 0.25) is 0 Å². The summed E-state index contributed by atoms with van der Waals surface area (Å²) in [4.78, 5) is 13.2. The molecule has 0 aliphatic rings. The van der Waals surface area contributed by atoms with Crippen LogP contribution in [0.15, 0.2) is 53.4 Å². The largest absolute Gasteiger partial charge is 0.375 e. The molecule has 1 N–H and O–H groups in total. The second-order valence-electron chi connectivity index (χ2n) is 4.69. The van der Waals surface area contributed by atoms with E-state index < -0.39 is 0 Å². The minimum atomic E-state index is -0.388. The molecule has 0 aliphatic heterocycles. The van der Waals surface area contributed by atoms with Crippen molar-refractivity contribution >= 4 is 17.7 Å². The highest BCUT2D eigenvalue weighted by molar-refractivity contribution is 7.98. The number of halogens is 1. The van der Waals surface area contributed by atoms with Crippen molar-refractivity contribution in [1.29, 1.82) is 0 Å². The summed E-state index contributed by atoms with van der Waals surface area (Å²) in [5.74, 6) is -0.484. The summed E-state index contributed by atoms with van der Waals surface area (Å²) < 4.78 is 18.6. The number of thioether (sulfide) groups is 1. The van der Waals surface area contributed by atoms with Gasteiger partial charge in [-0.3, -0.25) is 4.79 Å². The lowest BCUT2D eigenvalue weighted by molar-refractivity contribution is 0.0825. The van der Waals surface area contributed by atoms with E-state index in [1.165, 1.54) is 31.0 Å². The zero-order valence-corrected chi connectivity index (χ0v) is 13.3. The molecule has 2 aromatic carbocycles. The highest BCUT2D eigenvalue weighted by Crippen LogP contribution is 2.20. The average Bonchev–Trinajstić information content (AvgIpc) is 2.55. The molecule has 2 aromatic rings. The molecule has 0 aliphatic carbocycles. The van der Waals surface area contributed by atoms with Gasteiger partial charge in [-0.15, -0.1) is 11.8 Å². The van der Waals surface area contributed by atoms with Gasteiger partial charge in [0.15, 0.2) is 0 Å². The fourth-order valence-electron chi connectivity index (χ4n) is 2.16. The molecule has 1 amide bonds. The summed E-state index contributed by atoms with van der Waals surface area (Å²) in [6.45, 7) is 0.279. The topological polar surface area (TPSA) is 38.3 Å². The minimum Gasteiger partial charge on any atom is -0.375 e. The van der Waals surface area contributed by atoms with Gasteiger partial charge in [0.1, 0.15) is 5.82 Å². The third kappa shape index (κ3) is 4.08. The van der Waals surface area contributed by atoms with Crippen LogP contribution >= 0.6 is 11.8 Å². The van der Waals surface area contributed by atoms with Crippen LogP contribution < -0.4 is 5.32 Å². The summed E-state index contributed by atoms with van der Waals surface area (Å²) in [6.07, 6.45) is 1.54. The molecule has 0 heterocycles. The molecule has 2 rings (SSSR count). The number of carbonyl (C=O) groups is 1. The summed E-state index contributed by atoms with van der Waals surface area (Å²) in [5.41, 5.74) is 1.32. The van der Waals surface area contributed by atoms with E-state index in [9.17, 15) is 9.18 Å². The summed E-state index contributed by atoms with van der Waals surface area (Å²) in [5, 5.41) is 2.84. The molecule has 5 heteroatoms. The lowest BCUT2D eigenvalue weighted by atomic mass is 10.1. The van der Waals surface area contributed by atoms with Crippen molar-refractivity contribution in [2.75, 3.05) is 19.9 Å². The van der Waals surface area contributed by atoms with Crippen LogP contribution in [0.25, 0.3) is 0 Å². The maximum absolute atomic E-state index is 13.3. The summed E-state index contributed by atoms with van der Waals surface area (Å²) >= 11 is 1.52. The van der Waals surface area contributed by atoms with Gasteiger partial charge in [0, 0.05) is 18.6 Å². The van der Waals surface area contributed by atoms with Gasteiger partial charge in [-0.2, -0.15) is 0 Å². The Balaban J connectivity index is 2.06. The molecule has 22 heavy (non-hydrogen) atoms. The fraction of sp³-hybridized carbons (Fsp3) is 0.235. The van der Waals surface area contributed by atoms with Crippen molar-refractivity contribution in [1.82, 2.24) is 5.32 Å². The van der Waals surface area contributed by atoms with Crippen molar-refractivity contribution in [3.8, 4) is 0 Å². The Morgan fingerprint density at radius 1 is 1.27 bits per heavy atom. The molecule has 0 saturated heterocycles.